The zero-order valence-electron chi connectivity index (χ0n) is 17.4. The Labute approximate surface area is 192 Å². The van der Waals surface area contributed by atoms with Gasteiger partial charge >= 0.3 is 18.3 Å². The van der Waals surface area contributed by atoms with E-state index >= 15 is 0 Å². The van der Waals surface area contributed by atoms with Crippen LogP contribution in [0.4, 0.5) is 36.4 Å². The summed E-state index contributed by atoms with van der Waals surface area (Å²) in [6.45, 7) is 1.18. The van der Waals surface area contributed by atoms with E-state index in [1.54, 1.807) is 0 Å². The van der Waals surface area contributed by atoms with Gasteiger partial charge in [0.1, 0.15) is 11.9 Å². The second kappa shape index (κ2) is 9.52. The summed E-state index contributed by atoms with van der Waals surface area (Å²) in [6, 6.07) is 5.85. The van der Waals surface area contributed by atoms with Crippen LogP contribution in [0.1, 0.15) is 15.9 Å². The van der Waals surface area contributed by atoms with Crippen molar-refractivity contribution in [2.45, 2.75) is 18.4 Å². The second-order valence-electron chi connectivity index (χ2n) is 7.50. The van der Waals surface area contributed by atoms with Gasteiger partial charge in [0.15, 0.2) is 0 Å². The minimum Gasteiger partial charge on any atom is -0.475 e. The third-order valence-electron chi connectivity index (χ3n) is 5.12. The highest BCUT2D eigenvalue weighted by molar-refractivity contribution is 6.10. The van der Waals surface area contributed by atoms with E-state index in [1.165, 1.54) is 23.1 Å². The number of hydrogen-bond donors (Lipinski definition) is 3. The number of anilines is 1. The Bertz CT molecular complexity index is 1160. The van der Waals surface area contributed by atoms with Crippen LogP contribution in [0, 0.1) is 5.82 Å². The summed E-state index contributed by atoms with van der Waals surface area (Å²) >= 11 is 0. The largest absolute Gasteiger partial charge is 0.490 e. The molecule has 0 saturated carbocycles. The van der Waals surface area contributed by atoms with Crippen molar-refractivity contribution in [3.8, 4) is 11.1 Å². The van der Waals surface area contributed by atoms with Gasteiger partial charge in [0.2, 0.25) is 5.91 Å². The number of carbonyl (C=O) groups is 3. The molecule has 2 heterocycles. The first-order chi connectivity index (χ1) is 16.2. The molecule has 0 unspecified atom stereocenters. The van der Waals surface area contributed by atoms with Crippen molar-refractivity contribution in [3.63, 3.8) is 0 Å². The quantitative estimate of drug-likeness (QED) is 0.514. The monoisotopic (exact) mass is 507 g/mol. The van der Waals surface area contributed by atoms with E-state index < -0.39 is 41.7 Å². The number of carbonyl (C=O) groups excluding carboxylic acids is 2. The summed E-state index contributed by atoms with van der Waals surface area (Å²) in [7, 11) is 0. The maximum Gasteiger partial charge on any atom is 0.490 e. The Balaban J connectivity index is 0.000000429. The highest BCUT2D eigenvalue weighted by atomic mass is 19.4. The van der Waals surface area contributed by atoms with Crippen LogP contribution in [-0.4, -0.2) is 59.6 Å². The Morgan fingerprint density at radius 2 is 1.66 bits per heavy atom. The summed E-state index contributed by atoms with van der Waals surface area (Å²) in [5, 5.41) is 12.9. The van der Waals surface area contributed by atoms with Crippen LogP contribution in [0.2, 0.25) is 0 Å². The van der Waals surface area contributed by atoms with Crippen molar-refractivity contribution >= 4 is 23.5 Å². The number of rotatable bonds is 1. The molecule has 0 aliphatic carbocycles. The van der Waals surface area contributed by atoms with E-state index in [4.69, 9.17) is 9.90 Å². The molecule has 4 rings (SSSR count). The second-order valence-corrected chi connectivity index (χ2v) is 7.50. The molecule has 14 heteroatoms. The molecular weight excluding hydrogens is 491 g/mol. The first-order valence-electron chi connectivity index (χ1n) is 9.83. The fraction of sp³-hybridized carbons (Fsp3) is 0.286. The maximum atomic E-state index is 13.8. The van der Waals surface area contributed by atoms with Crippen LogP contribution in [-0.2, 0) is 15.8 Å². The number of piperazine rings is 1. The summed E-state index contributed by atoms with van der Waals surface area (Å²) in [4.78, 5) is 35.7. The van der Waals surface area contributed by atoms with Gasteiger partial charge in [0.05, 0.1) is 16.8 Å². The average Bonchev–Trinajstić information content (AvgIpc) is 2.87. The minimum absolute atomic E-state index is 0.00430. The predicted octanol–water partition coefficient (Wildman–Crippen LogP) is 3.51. The van der Waals surface area contributed by atoms with Gasteiger partial charge < -0.3 is 20.6 Å². The molecule has 0 spiro atoms. The minimum atomic E-state index is -5.08. The Morgan fingerprint density at radius 3 is 2.26 bits per heavy atom. The highest BCUT2D eigenvalue weighted by Gasteiger charge is 2.38. The maximum absolute atomic E-state index is 13.8. The third kappa shape index (κ3) is 5.88. The van der Waals surface area contributed by atoms with Gasteiger partial charge in [-0.05, 0) is 41.5 Å². The number of halogens is 7. The molecule has 0 bridgehead atoms. The zero-order valence-corrected chi connectivity index (χ0v) is 17.4. The number of carboxylic acids is 1. The van der Waals surface area contributed by atoms with Crippen LogP contribution in [0.15, 0.2) is 36.4 Å². The van der Waals surface area contributed by atoms with Crippen LogP contribution in [0.25, 0.3) is 11.1 Å². The number of aliphatic carboxylic acids is 1. The molecule has 7 nitrogen and oxygen atoms in total. The summed E-state index contributed by atoms with van der Waals surface area (Å²) in [5.41, 5.74) is -0.428. The van der Waals surface area contributed by atoms with Crippen LogP contribution in [0.3, 0.4) is 0 Å². The molecule has 1 atom stereocenters. The van der Waals surface area contributed by atoms with E-state index in [9.17, 15) is 40.3 Å². The number of amides is 2. The van der Waals surface area contributed by atoms with Crippen LogP contribution < -0.4 is 10.6 Å². The number of hydrogen-bond acceptors (Lipinski definition) is 4. The van der Waals surface area contributed by atoms with Gasteiger partial charge in [-0.1, -0.05) is 6.07 Å². The first kappa shape index (κ1) is 25.9. The molecule has 3 N–H and O–H groups in total. The number of fused-ring (bicyclic) bond motifs is 2. The molecule has 1 fully saturated rings. The van der Waals surface area contributed by atoms with Crippen molar-refractivity contribution in [1.29, 1.82) is 0 Å². The van der Waals surface area contributed by atoms with Gasteiger partial charge in [-0.2, -0.15) is 26.3 Å². The van der Waals surface area contributed by atoms with Crippen molar-refractivity contribution < 1.29 is 50.2 Å². The van der Waals surface area contributed by atoms with E-state index in [1.807, 2.05) is 0 Å². The molecule has 2 amide bonds. The fourth-order valence-electron chi connectivity index (χ4n) is 3.48. The molecule has 0 aromatic heterocycles. The molecule has 2 aliphatic heterocycles. The van der Waals surface area contributed by atoms with Crippen molar-refractivity contribution in [2.24, 2.45) is 0 Å². The number of nitrogens with zero attached hydrogens (tertiary/aromatic N) is 1. The summed E-state index contributed by atoms with van der Waals surface area (Å²) in [5.74, 6) is -4.51. The third-order valence-corrected chi connectivity index (χ3v) is 5.12. The smallest absolute Gasteiger partial charge is 0.475 e. The Hall–Kier alpha value is -3.68. The highest BCUT2D eigenvalue weighted by Crippen LogP contribution is 2.35. The van der Waals surface area contributed by atoms with Gasteiger partial charge in [-0.15, -0.1) is 0 Å². The molecule has 188 valence electrons. The van der Waals surface area contributed by atoms with E-state index in [-0.39, 0.29) is 28.3 Å². The number of carboxylic acid groups (broad SMARTS) is 1. The van der Waals surface area contributed by atoms with Gasteiger partial charge in [0.25, 0.3) is 5.91 Å². The van der Waals surface area contributed by atoms with Gasteiger partial charge in [0, 0.05) is 19.6 Å². The van der Waals surface area contributed by atoms with Gasteiger partial charge in [-0.25, -0.2) is 9.18 Å². The zero-order chi connectivity index (χ0) is 26.1. The van der Waals surface area contributed by atoms with E-state index in [0.29, 0.717) is 25.7 Å². The van der Waals surface area contributed by atoms with Crippen LogP contribution >= 0.6 is 0 Å². The normalized spacial score (nSPS) is 17.9. The Morgan fingerprint density at radius 1 is 1.00 bits per heavy atom. The first-order valence-corrected chi connectivity index (χ1v) is 9.83. The standard InChI is InChI=1S/C19H15F4N3O2.C2HF3O2/c20-13-6-11(5-12(8-13)19(21,22)23)10-1-2-15-14(7-10)18(28)26-4-3-24-9-16(26)17(27)25-15;3-2(4,5)1(6)7/h1-2,5-8,16,24H,3-4,9H2,(H,25,27);(H,6,7)/t16-;/m0./s1. The number of benzene rings is 2. The molecule has 2 aromatic carbocycles. The molecule has 35 heavy (non-hydrogen) atoms. The lowest BCUT2D eigenvalue weighted by Crippen LogP contribution is -2.57. The van der Waals surface area contributed by atoms with E-state index in [0.717, 1.165) is 12.1 Å². The number of nitrogens with one attached hydrogen (secondary N) is 2. The predicted molar refractivity (Wildman–Crippen MR) is 107 cm³/mol. The van der Waals surface area contributed by atoms with Crippen molar-refractivity contribution in [3.05, 3.63) is 53.3 Å². The average molecular weight is 507 g/mol. The molecular formula is C21H16F7N3O4. The fourth-order valence-corrected chi connectivity index (χ4v) is 3.48. The summed E-state index contributed by atoms with van der Waals surface area (Å²) in [6.07, 6.45) is -9.78. The molecule has 0 radical (unpaired) electrons. The van der Waals surface area contributed by atoms with Gasteiger partial charge in [-0.3, -0.25) is 9.59 Å². The SMILES string of the molecule is O=C(O)C(F)(F)F.O=C1Nc2ccc(-c3cc(F)cc(C(F)(F)F)c3)cc2C(=O)N2CCNC[C@@H]12. The van der Waals surface area contributed by atoms with Crippen molar-refractivity contribution in [1.82, 2.24) is 10.2 Å². The molecule has 2 aromatic rings. The Kier molecular flexibility index (Phi) is 7.06. The lowest BCUT2D eigenvalue weighted by molar-refractivity contribution is -0.192. The lowest BCUT2D eigenvalue weighted by atomic mass is 9.99. The summed E-state index contributed by atoms with van der Waals surface area (Å²) < 4.78 is 84.5. The topological polar surface area (TPSA) is 98.7 Å². The molecule has 1 saturated heterocycles. The van der Waals surface area contributed by atoms with Crippen molar-refractivity contribution in [2.75, 3.05) is 25.0 Å². The lowest BCUT2D eigenvalue weighted by Gasteiger charge is -2.33. The molecule has 2 aliphatic rings. The van der Waals surface area contributed by atoms with Crippen LogP contribution in [0.5, 0.6) is 0 Å². The number of alkyl halides is 6. The van der Waals surface area contributed by atoms with E-state index in [2.05, 4.69) is 10.6 Å².